The summed E-state index contributed by atoms with van der Waals surface area (Å²) < 4.78 is 0.794. The number of nitrogens with one attached hydrogen (secondary N) is 1. The third-order valence-electron chi connectivity index (χ3n) is 4.67. The van der Waals surface area contributed by atoms with Gasteiger partial charge in [-0.15, -0.1) is 11.8 Å². The summed E-state index contributed by atoms with van der Waals surface area (Å²) in [5.41, 5.74) is 0. The molecular weight excluding hydrogens is 370 g/mol. The van der Waals surface area contributed by atoms with Gasteiger partial charge in [0.25, 0.3) is 0 Å². The van der Waals surface area contributed by atoms with Gasteiger partial charge in [-0.25, -0.2) is 9.78 Å². The van der Waals surface area contributed by atoms with E-state index in [1.54, 1.807) is 6.20 Å². The molecule has 2 amide bonds. The molecule has 0 atom stereocenters. The number of amides is 2. The maximum atomic E-state index is 12.9. The number of carbonyl (C=O) groups excluding carboxylic acids is 1. The topological polar surface area (TPSA) is 82.5 Å². The van der Waals surface area contributed by atoms with Crippen molar-refractivity contribution >= 4 is 40.2 Å². The van der Waals surface area contributed by atoms with Crippen LogP contribution in [0.5, 0.6) is 0 Å². The summed E-state index contributed by atoms with van der Waals surface area (Å²) in [6.07, 6.45) is 7.06. The molecule has 0 aromatic carbocycles. The van der Waals surface area contributed by atoms with Crippen LogP contribution in [0.4, 0.5) is 9.93 Å². The highest BCUT2D eigenvalue weighted by Crippen LogP contribution is 2.30. The van der Waals surface area contributed by atoms with Crippen LogP contribution in [0.2, 0.25) is 0 Å². The smallest absolute Gasteiger partial charge is 0.323 e. The third-order valence-corrected chi connectivity index (χ3v) is 6.76. The van der Waals surface area contributed by atoms with Crippen molar-refractivity contribution in [3.8, 4) is 0 Å². The molecule has 0 aliphatic heterocycles. The second-order valence-corrected chi connectivity index (χ2v) is 9.69. The molecule has 0 saturated heterocycles. The number of rotatable bonds is 8. The van der Waals surface area contributed by atoms with Gasteiger partial charge in [0.15, 0.2) is 5.13 Å². The number of carboxylic acid groups (broad SMARTS) is 1. The Hall–Kier alpha value is -1.28. The Kier molecular flexibility index (Phi) is 8.21. The fraction of sp³-hybridized carbons (Fsp3) is 0.722. The highest BCUT2D eigenvalue weighted by Gasteiger charge is 2.28. The van der Waals surface area contributed by atoms with Crippen LogP contribution in [-0.2, 0) is 4.79 Å². The van der Waals surface area contributed by atoms with E-state index in [0.29, 0.717) is 17.1 Å². The molecule has 1 saturated carbocycles. The summed E-state index contributed by atoms with van der Waals surface area (Å²) in [4.78, 5) is 29.7. The fourth-order valence-corrected chi connectivity index (χ4v) is 4.66. The van der Waals surface area contributed by atoms with Gasteiger partial charge in [0, 0.05) is 12.6 Å². The number of carbonyl (C=O) groups is 2. The number of urea groups is 1. The Morgan fingerprint density at radius 2 is 2.08 bits per heavy atom. The van der Waals surface area contributed by atoms with E-state index in [1.807, 2.05) is 4.90 Å². The normalized spacial score (nSPS) is 20.2. The molecular formula is C18H29N3O3S2. The van der Waals surface area contributed by atoms with Crippen LogP contribution < -0.4 is 5.32 Å². The lowest BCUT2D eigenvalue weighted by molar-refractivity contribution is -0.133. The fourth-order valence-electron chi connectivity index (χ4n) is 3.08. The van der Waals surface area contributed by atoms with Gasteiger partial charge < -0.3 is 10.0 Å². The molecule has 1 aliphatic rings. The summed E-state index contributed by atoms with van der Waals surface area (Å²) in [5.74, 6) is 0.428. The highest BCUT2D eigenvalue weighted by atomic mass is 32.2. The van der Waals surface area contributed by atoms with Crippen molar-refractivity contribution < 1.29 is 14.7 Å². The SMILES string of the molecule is CC(C)CCN(C(=O)Nc1ncc(SCC(=O)O)s1)[C@H]1CC[C@H](C)CC1. The van der Waals surface area contributed by atoms with Gasteiger partial charge >= 0.3 is 12.0 Å². The zero-order valence-electron chi connectivity index (χ0n) is 15.7. The number of aliphatic carboxylic acids is 1. The van der Waals surface area contributed by atoms with Crippen LogP contribution in [0.1, 0.15) is 52.9 Å². The molecule has 1 fully saturated rings. The first-order valence-corrected chi connectivity index (χ1v) is 11.0. The molecule has 146 valence electrons. The van der Waals surface area contributed by atoms with E-state index >= 15 is 0 Å². The number of hydrogen-bond acceptors (Lipinski definition) is 5. The molecule has 0 bridgehead atoms. The number of carboxylic acids is 1. The second kappa shape index (κ2) is 10.2. The molecule has 1 heterocycles. The van der Waals surface area contributed by atoms with Gasteiger partial charge in [-0.05, 0) is 43.9 Å². The molecule has 6 nitrogen and oxygen atoms in total. The molecule has 1 aliphatic carbocycles. The van der Waals surface area contributed by atoms with Gasteiger partial charge in [-0.1, -0.05) is 32.1 Å². The number of aromatic nitrogens is 1. The summed E-state index contributed by atoms with van der Waals surface area (Å²) >= 11 is 2.54. The zero-order chi connectivity index (χ0) is 19.1. The Labute approximate surface area is 163 Å². The van der Waals surface area contributed by atoms with Crippen molar-refractivity contribution in [2.75, 3.05) is 17.6 Å². The molecule has 0 spiro atoms. The second-order valence-electron chi connectivity index (χ2n) is 7.39. The van der Waals surface area contributed by atoms with Crippen molar-refractivity contribution in [3.05, 3.63) is 6.20 Å². The number of thioether (sulfide) groups is 1. The summed E-state index contributed by atoms with van der Waals surface area (Å²) in [5, 5.41) is 12.2. The van der Waals surface area contributed by atoms with E-state index in [4.69, 9.17) is 5.11 Å². The number of thiazole rings is 1. The highest BCUT2D eigenvalue weighted by molar-refractivity contribution is 8.01. The number of nitrogens with zero attached hydrogens (tertiary/aromatic N) is 2. The largest absolute Gasteiger partial charge is 0.481 e. The molecule has 8 heteroatoms. The minimum atomic E-state index is -0.861. The third kappa shape index (κ3) is 6.79. The van der Waals surface area contributed by atoms with Crippen molar-refractivity contribution in [3.63, 3.8) is 0 Å². The summed E-state index contributed by atoms with van der Waals surface area (Å²) in [6, 6.07) is 0.208. The maximum Gasteiger partial charge on any atom is 0.323 e. The molecule has 2 rings (SSSR count). The molecule has 0 radical (unpaired) electrons. The lowest BCUT2D eigenvalue weighted by Gasteiger charge is -2.36. The van der Waals surface area contributed by atoms with Crippen LogP contribution in [0.25, 0.3) is 0 Å². The Balaban J connectivity index is 1.97. The van der Waals surface area contributed by atoms with Crippen molar-refractivity contribution in [2.24, 2.45) is 11.8 Å². The van der Waals surface area contributed by atoms with E-state index in [2.05, 4.69) is 31.1 Å². The average Bonchev–Trinajstić information content (AvgIpc) is 3.02. The monoisotopic (exact) mass is 399 g/mol. The maximum absolute atomic E-state index is 12.9. The number of hydrogen-bond donors (Lipinski definition) is 2. The average molecular weight is 400 g/mol. The summed E-state index contributed by atoms with van der Waals surface area (Å²) in [7, 11) is 0. The first kappa shape index (κ1) is 21.0. The van der Waals surface area contributed by atoms with E-state index in [-0.39, 0.29) is 11.8 Å². The minimum Gasteiger partial charge on any atom is -0.481 e. The number of anilines is 1. The zero-order valence-corrected chi connectivity index (χ0v) is 17.4. The van der Waals surface area contributed by atoms with Crippen molar-refractivity contribution in [2.45, 2.75) is 63.1 Å². The Morgan fingerprint density at radius 1 is 1.38 bits per heavy atom. The molecule has 1 aromatic heterocycles. The van der Waals surface area contributed by atoms with Crippen molar-refractivity contribution in [1.29, 1.82) is 0 Å². The predicted molar refractivity (Wildman–Crippen MR) is 107 cm³/mol. The van der Waals surface area contributed by atoms with Gasteiger partial charge in [-0.3, -0.25) is 10.1 Å². The first-order chi connectivity index (χ1) is 12.3. The minimum absolute atomic E-state index is 0.00362. The molecule has 2 N–H and O–H groups in total. The standard InChI is InChI=1S/C18H29N3O3S2/c1-12(2)8-9-21(14-6-4-13(3)5-7-14)18(24)20-17-19-10-16(26-17)25-11-15(22)23/h10,12-14H,4-9,11H2,1-3H3,(H,22,23)(H,19,20,24)/t13-,14-. The van der Waals surface area contributed by atoms with E-state index < -0.39 is 5.97 Å². The Morgan fingerprint density at radius 3 is 2.69 bits per heavy atom. The van der Waals surface area contributed by atoms with Crippen LogP contribution in [0.3, 0.4) is 0 Å². The van der Waals surface area contributed by atoms with Crippen LogP contribution in [0, 0.1) is 11.8 Å². The van der Waals surface area contributed by atoms with Gasteiger partial charge in [0.2, 0.25) is 0 Å². The first-order valence-electron chi connectivity index (χ1n) is 9.23. The lowest BCUT2D eigenvalue weighted by atomic mass is 9.86. The quantitative estimate of drug-likeness (QED) is 0.615. The van der Waals surface area contributed by atoms with Crippen LogP contribution in [-0.4, -0.2) is 45.3 Å². The van der Waals surface area contributed by atoms with E-state index in [0.717, 1.165) is 35.9 Å². The van der Waals surface area contributed by atoms with Crippen molar-refractivity contribution in [1.82, 2.24) is 9.88 Å². The van der Waals surface area contributed by atoms with E-state index in [1.165, 1.54) is 35.9 Å². The predicted octanol–water partition coefficient (Wildman–Crippen LogP) is 4.78. The van der Waals surface area contributed by atoms with Crippen LogP contribution >= 0.6 is 23.1 Å². The molecule has 1 aromatic rings. The summed E-state index contributed by atoms with van der Waals surface area (Å²) in [6.45, 7) is 7.38. The molecule has 26 heavy (non-hydrogen) atoms. The lowest BCUT2D eigenvalue weighted by Crippen LogP contribution is -2.45. The van der Waals surface area contributed by atoms with Gasteiger partial charge in [-0.2, -0.15) is 0 Å². The molecule has 0 unspecified atom stereocenters. The van der Waals surface area contributed by atoms with Crippen LogP contribution in [0.15, 0.2) is 10.4 Å². The Bertz CT molecular complexity index is 598. The van der Waals surface area contributed by atoms with E-state index in [9.17, 15) is 9.59 Å². The van der Waals surface area contributed by atoms with Gasteiger partial charge in [0.05, 0.1) is 16.2 Å². The van der Waals surface area contributed by atoms with Gasteiger partial charge in [0.1, 0.15) is 0 Å².